The monoisotopic (exact) mass is 323 g/mol. The summed E-state index contributed by atoms with van der Waals surface area (Å²) in [5, 5.41) is 3.02. The molecule has 0 aliphatic heterocycles. The summed E-state index contributed by atoms with van der Waals surface area (Å²) in [4.78, 5) is 17.5. The summed E-state index contributed by atoms with van der Waals surface area (Å²) < 4.78 is 7.15. The molecule has 124 valence electrons. The van der Waals surface area contributed by atoms with E-state index in [9.17, 15) is 4.79 Å². The van der Waals surface area contributed by atoms with Gasteiger partial charge in [0.15, 0.2) is 11.4 Å². The van der Waals surface area contributed by atoms with Crippen molar-refractivity contribution in [3.63, 3.8) is 0 Å². The molecule has 1 N–H and O–H groups in total. The van der Waals surface area contributed by atoms with Gasteiger partial charge in [-0.05, 0) is 49.6 Å². The number of pyridine rings is 1. The number of ether oxygens (including phenoxy) is 1. The van der Waals surface area contributed by atoms with Crippen LogP contribution in [-0.2, 0) is 6.42 Å². The second kappa shape index (κ2) is 6.35. The number of imidazole rings is 1. The van der Waals surface area contributed by atoms with Gasteiger partial charge in [0, 0.05) is 11.9 Å². The van der Waals surface area contributed by atoms with Crippen molar-refractivity contribution >= 4 is 17.2 Å². The van der Waals surface area contributed by atoms with Gasteiger partial charge < -0.3 is 10.1 Å². The third kappa shape index (κ3) is 2.73. The quantitative estimate of drug-likeness (QED) is 0.795. The van der Waals surface area contributed by atoms with Gasteiger partial charge in [-0.15, -0.1) is 0 Å². The molecule has 0 atom stereocenters. The highest BCUT2D eigenvalue weighted by Crippen LogP contribution is 2.24. The molecule has 0 saturated heterocycles. The van der Waals surface area contributed by atoms with Crippen molar-refractivity contribution < 1.29 is 9.53 Å². The SMILES string of the molecule is CCc1nc2c(OC)cccn2c1C(=O)Nc1cc(C)ccc1C. The van der Waals surface area contributed by atoms with E-state index < -0.39 is 0 Å². The minimum Gasteiger partial charge on any atom is -0.493 e. The Hall–Kier alpha value is -2.82. The second-order valence-corrected chi connectivity index (χ2v) is 5.80. The number of fused-ring (bicyclic) bond motifs is 1. The minimum atomic E-state index is -0.165. The summed E-state index contributed by atoms with van der Waals surface area (Å²) in [5.74, 6) is 0.485. The molecule has 0 fully saturated rings. The third-order valence-corrected chi connectivity index (χ3v) is 4.10. The predicted octanol–water partition coefficient (Wildman–Crippen LogP) is 3.77. The number of nitrogens with zero attached hydrogens (tertiary/aromatic N) is 2. The third-order valence-electron chi connectivity index (χ3n) is 4.10. The number of aromatic nitrogens is 2. The van der Waals surface area contributed by atoms with E-state index >= 15 is 0 Å². The molecule has 5 nitrogen and oxygen atoms in total. The maximum Gasteiger partial charge on any atom is 0.274 e. The number of nitrogens with one attached hydrogen (secondary N) is 1. The number of amides is 1. The van der Waals surface area contributed by atoms with Crippen molar-refractivity contribution in [2.24, 2.45) is 0 Å². The molecule has 5 heteroatoms. The Morgan fingerprint density at radius 3 is 2.79 bits per heavy atom. The predicted molar refractivity (Wildman–Crippen MR) is 95.0 cm³/mol. The number of anilines is 1. The molecule has 0 aliphatic rings. The summed E-state index contributed by atoms with van der Waals surface area (Å²) in [6.07, 6.45) is 2.50. The van der Waals surface area contributed by atoms with Crippen LogP contribution in [0.3, 0.4) is 0 Å². The first kappa shape index (κ1) is 16.1. The van der Waals surface area contributed by atoms with Gasteiger partial charge in [0.2, 0.25) is 0 Å². The molecule has 0 aliphatic carbocycles. The van der Waals surface area contributed by atoms with Crippen molar-refractivity contribution in [2.75, 3.05) is 12.4 Å². The van der Waals surface area contributed by atoms with Crippen LogP contribution in [0.4, 0.5) is 5.69 Å². The van der Waals surface area contributed by atoms with E-state index in [1.165, 1.54) is 0 Å². The lowest BCUT2D eigenvalue weighted by molar-refractivity contribution is 0.102. The van der Waals surface area contributed by atoms with Gasteiger partial charge in [0.25, 0.3) is 5.91 Å². The first-order valence-electron chi connectivity index (χ1n) is 7.97. The zero-order chi connectivity index (χ0) is 17.3. The Kier molecular flexibility index (Phi) is 4.25. The lowest BCUT2D eigenvalue weighted by Crippen LogP contribution is -2.17. The number of benzene rings is 1. The fourth-order valence-electron chi connectivity index (χ4n) is 2.79. The number of carbonyl (C=O) groups excluding carboxylic acids is 1. The van der Waals surface area contributed by atoms with Crippen LogP contribution in [-0.4, -0.2) is 22.4 Å². The second-order valence-electron chi connectivity index (χ2n) is 5.80. The molecule has 3 rings (SSSR count). The van der Waals surface area contributed by atoms with Crippen molar-refractivity contribution in [3.05, 3.63) is 59.0 Å². The molecule has 2 heterocycles. The molecule has 0 spiro atoms. The maximum absolute atomic E-state index is 12.9. The van der Waals surface area contributed by atoms with E-state index in [4.69, 9.17) is 4.74 Å². The summed E-state index contributed by atoms with van der Waals surface area (Å²) in [7, 11) is 1.60. The van der Waals surface area contributed by atoms with Crippen molar-refractivity contribution in [3.8, 4) is 5.75 Å². The highest BCUT2D eigenvalue weighted by Gasteiger charge is 2.20. The number of hydrogen-bond acceptors (Lipinski definition) is 3. The van der Waals surface area contributed by atoms with E-state index in [-0.39, 0.29) is 5.91 Å². The van der Waals surface area contributed by atoms with Gasteiger partial charge in [-0.2, -0.15) is 0 Å². The summed E-state index contributed by atoms with van der Waals surface area (Å²) in [6, 6.07) is 9.70. The smallest absolute Gasteiger partial charge is 0.274 e. The van der Waals surface area contributed by atoms with Crippen LogP contribution >= 0.6 is 0 Å². The van der Waals surface area contributed by atoms with Gasteiger partial charge in [0.05, 0.1) is 12.8 Å². The average molecular weight is 323 g/mol. The Morgan fingerprint density at radius 2 is 2.08 bits per heavy atom. The van der Waals surface area contributed by atoms with Crippen LogP contribution in [0, 0.1) is 13.8 Å². The van der Waals surface area contributed by atoms with Crippen LogP contribution in [0.2, 0.25) is 0 Å². The van der Waals surface area contributed by atoms with E-state index in [1.54, 1.807) is 11.5 Å². The Balaban J connectivity index is 2.08. The van der Waals surface area contributed by atoms with Crippen molar-refractivity contribution in [1.82, 2.24) is 9.38 Å². The molecular formula is C19H21N3O2. The van der Waals surface area contributed by atoms with E-state index in [1.807, 2.05) is 57.3 Å². The Labute approximate surface area is 141 Å². The normalized spacial score (nSPS) is 10.8. The van der Waals surface area contributed by atoms with Gasteiger partial charge in [-0.1, -0.05) is 19.1 Å². The van der Waals surface area contributed by atoms with Crippen LogP contribution in [0.1, 0.15) is 34.2 Å². The molecular weight excluding hydrogens is 302 g/mol. The molecule has 2 aromatic heterocycles. The van der Waals surface area contributed by atoms with Crippen molar-refractivity contribution in [2.45, 2.75) is 27.2 Å². The van der Waals surface area contributed by atoms with Crippen LogP contribution in [0.25, 0.3) is 5.65 Å². The Bertz CT molecular complexity index is 912. The summed E-state index contributed by atoms with van der Waals surface area (Å²) in [6.45, 7) is 5.97. The number of aryl methyl sites for hydroxylation is 3. The summed E-state index contributed by atoms with van der Waals surface area (Å²) >= 11 is 0. The molecule has 0 radical (unpaired) electrons. The van der Waals surface area contributed by atoms with Crippen LogP contribution in [0.15, 0.2) is 36.5 Å². The molecule has 24 heavy (non-hydrogen) atoms. The number of hydrogen-bond donors (Lipinski definition) is 1. The van der Waals surface area contributed by atoms with Crippen LogP contribution < -0.4 is 10.1 Å². The standard InChI is InChI=1S/C19H21N3O2/c1-5-14-17(22-10-6-7-16(24-4)18(22)20-14)19(23)21-15-11-12(2)8-9-13(15)3/h6-11H,5H2,1-4H3,(H,21,23). The molecule has 0 unspecified atom stereocenters. The first-order valence-corrected chi connectivity index (χ1v) is 7.97. The van der Waals surface area contributed by atoms with Gasteiger partial charge >= 0.3 is 0 Å². The molecule has 3 aromatic rings. The molecule has 0 bridgehead atoms. The van der Waals surface area contributed by atoms with Gasteiger partial charge in [-0.25, -0.2) is 4.98 Å². The number of methoxy groups -OCH3 is 1. The zero-order valence-corrected chi connectivity index (χ0v) is 14.4. The minimum absolute atomic E-state index is 0.165. The van der Waals surface area contributed by atoms with Crippen molar-refractivity contribution in [1.29, 1.82) is 0 Å². The summed E-state index contributed by atoms with van der Waals surface area (Å²) in [5.41, 5.74) is 4.90. The van der Waals surface area contributed by atoms with Crippen LogP contribution in [0.5, 0.6) is 5.75 Å². The Morgan fingerprint density at radius 1 is 1.29 bits per heavy atom. The van der Waals surface area contributed by atoms with Gasteiger partial charge in [-0.3, -0.25) is 9.20 Å². The average Bonchev–Trinajstić information content (AvgIpc) is 2.96. The fraction of sp³-hybridized carbons (Fsp3) is 0.263. The van der Waals surface area contributed by atoms with E-state index in [2.05, 4.69) is 10.3 Å². The lowest BCUT2D eigenvalue weighted by atomic mass is 10.1. The lowest BCUT2D eigenvalue weighted by Gasteiger charge is -2.10. The highest BCUT2D eigenvalue weighted by atomic mass is 16.5. The largest absolute Gasteiger partial charge is 0.493 e. The highest BCUT2D eigenvalue weighted by molar-refractivity contribution is 6.05. The van der Waals surface area contributed by atoms with E-state index in [0.29, 0.717) is 23.5 Å². The fourth-order valence-corrected chi connectivity index (χ4v) is 2.79. The topological polar surface area (TPSA) is 55.6 Å². The molecule has 1 amide bonds. The van der Waals surface area contributed by atoms with Gasteiger partial charge in [0.1, 0.15) is 5.69 Å². The molecule has 0 saturated carbocycles. The zero-order valence-electron chi connectivity index (χ0n) is 14.4. The number of carbonyl (C=O) groups is 1. The number of rotatable bonds is 4. The first-order chi connectivity index (χ1) is 11.5. The van der Waals surface area contributed by atoms with E-state index in [0.717, 1.165) is 22.5 Å². The maximum atomic E-state index is 12.9. The molecule has 1 aromatic carbocycles.